The number of rotatable bonds is 5. The molecule has 0 spiro atoms. The molecule has 1 rings (SSSR count). The number of hydrogen-bond donors (Lipinski definition) is 0. The van der Waals surface area contributed by atoms with Crippen molar-refractivity contribution in [3.63, 3.8) is 0 Å². The van der Waals surface area contributed by atoms with Gasteiger partial charge in [-0.15, -0.1) is 0 Å². The fourth-order valence-corrected chi connectivity index (χ4v) is 1.59. The lowest BCUT2D eigenvalue weighted by molar-refractivity contribution is -0.117. The van der Waals surface area contributed by atoms with E-state index in [1.165, 1.54) is 12.5 Å². The zero-order chi connectivity index (χ0) is 11.3. The number of aryl methyl sites for hydroxylation is 1. The first-order valence-corrected chi connectivity index (χ1v) is 5.60. The van der Waals surface area contributed by atoms with Crippen molar-refractivity contribution in [1.29, 1.82) is 0 Å². The van der Waals surface area contributed by atoms with Crippen molar-refractivity contribution in [3.8, 4) is 0 Å². The van der Waals surface area contributed by atoms with Gasteiger partial charge in [-0.2, -0.15) is 0 Å². The van der Waals surface area contributed by atoms with Crippen LogP contribution < -0.4 is 5.56 Å². The molecule has 15 heavy (non-hydrogen) atoms. The van der Waals surface area contributed by atoms with Gasteiger partial charge in [0, 0.05) is 19.2 Å². The lowest BCUT2D eigenvalue weighted by atomic mass is 10.2. The summed E-state index contributed by atoms with van der Waals surface area (Å²) in [6.45, 7) is 2.19. The largest absolute Gasteiger partial charge is 0.300 e. The number of nitrogens with zero attached hydrogens (tertiary/aromatic N) is 2. The van der Waals surface area contributed by atoms with E-state index in [2.05, 4.69) is 20.9 Å². The number of hydrogen-bond acceptors (Lipinski definition) is 3. The van der Waals surface area contributed by atoms with E-state index in [1.54, 1.807) is 11.5 Å². The molecule has 0 saturated carbocycles. The van der Waals surface area contributed by atoms with E-state index in [0.717, 1.165) is 12.8 Å². The third kappa shape index (κ3) is 3.95. The van der Waals surface area contributed by atoms with Crippen LogP contribution in [0.3, 0.4) is 0 Å². The Balaban J connectivity index is 2.48. The van der Waals surface area contributed by atoms with Crippen molar-refractivity contribution >= 4 is 21.7 Å². The molecule has 1 aromatic rings. The van der Waals surface area contributed by atoms with Crippen LogP contribution in [-0.2, 0) is 11.3 Å². The molecule has 0 radical (unpaired) electrons. The Morgan fingerprint density at radius 2 is 2.27 bits per heavy atom. The minimum absolute atomic E-state index is 0.0761. The molecule has 1 aromatic heterocycles. The fraction of sp³-hybridized carbons (Fsp3) is 0.500. The monoisotopic (exact) mass is 272 g/mol. The van der Waals surface area contributed by atoms with Gasteiger partial charge in [-0.05, 0) is 35.7 Å². The summed E-state index contributed by atoms with van der Waals surface area (Å²) in [5.74, 6) is 0.190. The van der Waals surface area contributed by atoms with Crippen LogP contribution in [0.25, 0.3) is 0 Å². The van der Waals surface area contributed by atoms with Crippen LogP contribution in [0.4, 0.5) is 0 Å². The molecule has 0 unspecified atom stereocenters. The van der Waals surface area contributed by atoms with Gasteiger partial charge in [0.25, 0.3) is 5.56 Å². The van der Waals surface area contributed by atoms with Gasteiger partial charge >= 0.3 is 0 Å². The Labute approximate surface area is 96.5 Å². The van der Waals surface area contributed by atoms with E-state index in [9.17, 15) is 9.59 Å². The highest BCUT2D eigenvalue weighted by atomic mass is 79.9. The molecule has 5 heteroatoms. The summed E-state index contributed by atoms with van der Waals surface area (Å²) >= 11 is 3.13. The summed E-state index contributed by atoms with van der Waals surface area (Å²) in [4.78, 5) is 26.1. The Bertz CT molecular complexity index is 401. The van der Waals surface area contributed by atoms with Crippen LogP contribution in [0, 0.1) is 0 Å². The molecule has 0 aliphatic carbocycles. The van der Waals surface area contributed by atoms with Gasteiger partial charge in [0.2, 0.25) is 0 Å². The van der Waals surface area contributed by atoms with Gasteiger partial charge in [0.1, 0.15) is 10.3 Å². The number of Topliss-reactive ketones (excluding diaryl/α,β-unsaturated/α-hetero) is 1. The lowest BCUT2D eigenvalue weighted by Crippen LogP contribution is -2.20. The van der Waals surface area contributed by atoms with E-state index in [-0.39, 0.29) is 11.3 Å². The van der Waals surface area contributed by atoms with Crippen LogP contribution in [0.2, 0.25) is 0 Å². The minimum atomic E-state index is -0.0761. The van der Waals surface area contributed by atoms with Crippen LogP contribution in [0.15, 0.2) is 21.8 Å². The maximum Gasteiger partial charge on any atom is 0.267 e. The van der Waals surface area contributed by atoms with Crippen molar-refractivity contribution in [3.05, 3.63) is 27.4 Å². The summed E-state index contributed by atoms with van der Waals surface area (Å²) in [7, 11) is 0. The number of aromatic nitrogens is 2. The van der Waals surface area contributed by atoms with Crippen molar-refractivity contribution < 1.29 is 4.79 Å². The SMILES string of the molecule is CC(=O)CCCCn1cncc(Br)c1=O. The summed E-state index contributed by atoms with van der Waals surface area (Å²) in [5, 5.41) is 0. The summed E-state index contributed by atoms with van der Waals surface area (Å²) in [6.07, 6.45) is 5.21. The van der Waals surface area contributed by atoms with Gasteiger partial charge < -0.3 is 4.79 Å². The number of ketones is 1. The summed E-state index contributed by atoms with van der Waals surface area (Å²) in [5.41, 5.74) is -0.0761. The lowest BCUT2D eigenvalue weighted by Gasteiger charge is -2.03. The third-order valence-corrected chi connectivity index (χ3v) is 2.58. The van der Waals surface area contributed by atoms with Gasteiger partial charge in [0.15, 0.2) is 0 Å². The van der Waals surface area contributed by atoms with Crippen molar-refractivity contribution in [1.82, 2.24) is 9.55 Å². The fourth-order valence-electron chi connectivity index (χ4n) is 1.24. The molecule has 0 fully saturated rings. The molecule has 0 amide bonds. The topological polar surface area (TPSA) is 52.0 Å². The molecule has 4 nitrogen and oxygen atoms in total. The molecule has 1 heterocycles. The zero-order valence-corrected chi connectivity index (χ0v) is 10.2. The normalized spacial score (nSPS) is 10.3. The predicted molar refractivity (Wildman–Crippen MR) is 60.7 cm³/mol. The smallest absolute Gasteiger partial charge is 0.267 e. The highest BCUT2D eigenvalue weighted by molar-refractivity contribution is 9.10. The minimum Gasteiger partial charge on any atom is -0.300 e. The molecule has 0 saturated heterocycles. The number of halogens is 1. The van der Waals surface area contributed by atoms with Gasteiger partial charge in [-0.25, -0.2) is 4.98 Å². The van der Waals surface area contributed by atoms with Crippen LogP contribution in [0.5, 0.6) is 0 Å². The van der Waals surface area contributed by atoms with Gasteiger partial charge in [0.05, 0.1) is 6.33 Å². The van der Waals surface area contributed by atoms with Crippen molar-refractivity contribution in [2.24, 2.45) is 0 Å². The summed E-state index contributed by atoms with van der Waals surface area (Å²) in [6, 6.07) is 0. The van der Waals surface area contributed by atoms with Crippen molar-refractivity contribution in [2.75, 3.05) is 0 Å². The standard InChI is InChI=1S/C10H13BrN2O2/c1-8(14)4-2-3-5-13-7-12-6-9(11)10(13)15/h6-7H,2-5H2,1H3. The zero-order valence-electron chi connectivity index (χ0n) is 8.57. The average Bonchev–Trinajstić information content (AvgIpc) is 2.18. The van der Waals surface area contributed by atoms with E-state index >= 15 is 0 Å². The number of carbonyl (C=O) groups is 1. The second-order valence-corrected chi connectivity index (χ2v) is 4.25. The Kier molecular flexibility index (Phi) is 4.68. The molecule has 0 atom stereocenters. The molecular weight excluding hydrogens is 260 g/mol. The molecule has 0 aromatic carbocycles. The van der Waals surface area contributed by atoms with Crippen LogP contribution in [-0.4, -0.2) is 15.3 Å². The number of unbranched alkanes of at least 4 members (excludes halogenated alkanes) is 1. The maximum absolute atomic E-state index is 11.5. The molecular formula is C10H13BrN2O2. The second-order valence-electron chi connectivity index (χ2n) is 3.40. The number of carbonyl (C=O) groups excluding carboxylic acids is 1. The van der Waals surface area contributed by atoms with E-state index < -0.39 is 0 Å². The Hall–Kier alpha value is -0.970. The van der Waals surface area contributed by atoms with E-state index in [1.807, 2.05) is 0 Å². The predicted octanol–water partition coefficient (Wildman–Crippen LogP) is 1.77. The maximum atomic E-state index is 11.5. The van der Waals surface area contributed by atoms with E-state index in [0.29, 0.717) is 17.4 Å². The molecule has 0 aliphatic heterocycles. The van der Waals surface area contributed by atoms with Crippen LogP contribution in [0.1, 0.15) is 26.2 Å². The first kappa shape index (κ1) is 12.1. The molecule has 82 valence electrons. The van der Waals surface area contributed by atoms with E-state index in [4.69, 9.17) is 0 Å². The third-order valence-electron chi connectivity index (χ3n) is 2.04. The van der Waals surface area contributed by atoms with Crippen molar-refractivity contribution in [2.45, 2.75) is 32.7 Å². The first-order valence-electron chi connectivity index (χ1n) is 4.80. The Morgan fingerprint density at radius 1 is 1.53 bits per heavy atom. The van der Waals surface area contributed by atoms with Crippen LogP contribution >= 0.6 is 15.9 Å². The quantitative estimate of drug-likeness (QED) is 0.768. The Morgan fingerprint density at radius 3 is 2.93 bits per heavy atom. The van der Waals surface area contributed by atoms with Gasteiger partial charge in [-0.1, -0.05) is 0 Å². The summed E-state index contributed by atoms with van der Waals surface area (Å²) < 4.78 is 2.01. The second kappa shape index (κ2) is 5.80. The molecule has 0 aliphatic rings. The highest BCUT2D eigenvalue weighted by Gasteiger charge is 2.00. The highest BCUT2D eigenvalue weighted by Crippen LogP contribution is 2.01. The molecule has 0 N–H and O–H groups in total. The first-order chi connectivity index (χ1) is 7.11. The average molecular weight is 273 g/mol. The molecule has 0 bridgehead atoms. The van der Waals surface area contributed by atoms with Gasteiger partial charge in [-0.3, -0.25) is 9.36 Å².